The minimum atomic E-state index is -4.48. The van der Waals surface area contributed by atoms with Crippen molar-refractivity contribution in [3.63, 3.8) is 0 Å². The number of nitrogens with two attached hydrogens (primary N) is 1. The zero-order valence-electron chi connectivity index (χ0n) is 18.3. The Hall–Kier alpha value is -3.73. The van der Waals surface area contributed by atoms with Crippen molar-refractivity contribution in [2.45, 2.75) is 12.6 Å². The van der Waals surface area contributed by atoms with Gasteiger partial charge in [-0.05, 0) is 30.2 Å². The van der Waals surface area contributed by atoms with Crippen LogP contribution in [-0.4, -0.2) is 59.0 Å². The molecule has 1 aromatic carbocycles. The Morgan fingerprint density at radius 2 is 1.91 bits per heavy atom. The van der Waals surface area contributed by atoms with Gasteiger partial charge in [0.25, 0.3) is 0 Å². The van der Waals surface area contributed by atoms with Crippen LogP contribution in [-0.2, 0) is 11.2 Å². The van der Waals surface area contributed by atoms with Crippen LogP contribution in [0.25, 0.3) is 17.5 Å². The highest BCUT2D eigenvalue weighted by molar-refractivity contribution is 5.80. The van der Waals surface area contributed by atoms with E-state index in [1.54, 1.807) is 24.5 Å². The summed E-state index contributed by atoms with van der Waals surface area (Å²) >= 11 is 0. The van der Waals surface area contributed by atoms with Gasteiger partial charge in [0.2, 0.25) is 11.9 Å². The second-order valence-electron chi connectivity index (χ2n) is 7.60. The molecule has 0 atom stereocenters. The lowest BCUT2D eigenvalue weighted by Gasteiger charge is -2.27. The van der Waals surface area contributed by atoms with E-state index in [4.69, 9.17) is 10.5 Å². The van der Waals surface area contributed by atoms with Gasteiger partial charge in [-0.15, -0.1) is 0 Å². The number of benzene rings is 1. The summed E-state index contributed by atoms with van der Waals surface area (Å²) in [5.41, 5.74) is 7.83. The molecule has 0 spiro atoms. The summed E-state index contributed by atoms with van der Waals surface area (Å²) in [4.78, 5) is 19.7. The molecule has 3 N–H and O–H groups in total. The molecule has 4 rings (SSSR count). The molecular weight excluding hydrogens is 447 g/mol. The highest BCUT2D eigenvalue weighted by atomic mass is 19.4. The van der Waals surface area contributed by atoms with Gasteiger partial charge in [0.05, 0.1) is 13.2 Å². The van der Waals surface area contributed by atoms with Crippen LogP contribution in [0.15, 0.2) is 48.8 Å². The zero-order chi connectivity index (χ0) is 24.0. The molecule has 1 saturated heterocycles. The number of pyridine rings is 1. The van der Waals surface area contributed by atoms with E-state index in [0.29, 0.717) is 56.7 Å². The SMILES string of the molecule is Nc1cccc(-c2nc(NCCc3cccnc3)nc(N3CCOCC3)n2)c1C=CC(F)(F)F. The Kier molecular flexibility index (Phi) is 7.21. The summed E-state index contributed by atoms with van der Waals surface area (Å²) in [7, 11) is 0. The summed E-state index contributed by atoms with van der Waals surface area (Å²) in [6.45, 7) is 2.79. The molecule has 3 heterocycles. The molecule has 3 aromatic rings. The second kappa shape index (κ2) is 10.5. The third-order valence-electron chi connectivity index (χ3n) is 5.16. The quantitative estimate of drug-likeness (QED) is 0.504. The lowest BCUT2D eigenvalue weighted by Crippen LogP contribution is -2.37. The monoisotopic (exact) mass is 471 g/mol. The van der Waals surface area contributed by atoms with Crippen LogP contribution in [0.3, 0.4) is 0 Å². The average Bonchev–Trinajstić information content (AvgIpc) is 2.83. The van der Waals surface area contributed by atoms with Crippen molar-refractivity contribution in [3.8, 4) is 11.4 Å². The molecule has 2 aromatic heterocycles. The maximum absolute atomic E-state index is 12.9. The highest BCUT2D eigenvalue weighted by Crippen LogP contribution is 2.30. The molecule has 178 valence electrons. The lowest BCUT2D eigenvalue weighted by atomic mass is 10.0. The van der Waals surface area contributed by atoms with E-state index in [9.17, 15) is 13.2 Å². The van der Waals surface area contributed by atoms with Gasteiger partial charge >= 0.3 is 6.18 Å². The summed E-state index contributed by atoms with van der Waals surface area (Å²) in [5, 5.41) is 3.20. The van der Waals surface area contributed by atoms with Gasteiger partial charge in [-0.3, -0.25) is 4.98 Å². The Bertz CT molecular complexity index is 1130. The lowest BCUT2D eigenvalue weighted by molar-refractivity contribution is -0.0790. The predicted octanol–water partition coefficient (Wildman–Crippen LogP) is 3.58. The van der Waals surface area contributed by atoms with Gasteiger partial charge in [-0.2, -0.15) is 28.1 Å². The Labute approximate surface area is 194 Å². The van der Waals surface area contributed by atoms with Gasteiger partial charge in [0.15, 0.2) is 5.82 Å². The number of halogens is 3. The van der Waals surface area contributed by atoms with E-state index in [2.05, 4.69) is 25.3 Å². The van der Waals surface area contributed by atoms with Crippen LogP contribution in [0.5, 0.6) is 0 Å². The van der Waals surface area contributed by atoms with Crippen LogP contribution in [0.4, 0.5) is 30.8 Å². The van der Waals surface area contributed by atoms with E-state index in [-0.39, 0.29) is 23.2 Å². The fourth-order valence-corrected chi connectivity index (χ4v) is 3.48. The van der Waals surface area contributed by atoms with Gasteiger partial charge in [0.1, 0.15) is 0 Å². The Morgan fingerprint density at radius 3 is 2.65 bits per heavy atom. The van der Waals surface area contributed by atoms with Crippen molar-refractivity contribution in [2.75, 3.05) is 48.8 Å². The number of rotatable bonds is 7. The number of hydrogen-bond acceptors (Lipinski definition) is 8. The van der Waals surface area contributed by atoms with Crippen molar-refractivity contribution in [3.05, 3.63) is 59.9 Å². The number of morpholine rings is 1. The summed E-state index contributed by atoms with van der Waals surface area (Å²) in [6, 6.07) is 8.67. The van der Waals surface area contributed by atoms with E-state index in [1.165, 1.54) is 6.07 Å². The maximum atomic E-state index is 12.9. The normalized spacial score (nSPS) is 14.5. The van der Waals surface area contributed by atoms with Crippen LogP contribution in [0, 0.1) is 0 Å². The van der Waals surface area contributed by atoms with Crippen molar-refractivity contribution < 1.29 is 17.9 Å². The molecule has 1 fully saturated rings. The Balaban J connectivity index is 1.68. The number of anilines is 3. The summed E-state index contributed by atoms with van der Waals surface area (Å²) in [5.74, 6) is 0.975. The van der Waals surface area contributed by atoms with Crippen LogP contribution in [0.1, 0.15) is 11.1 Å². The first-order valence-corrected chi connectivity index (χ1v) is 10.8. The molecule has 0 bridgehead atoms. The first-order chi connectivity index (χ1) is 16.4. The van der Waals surface area contributed by atoms with Crippen LogP contribution in [0.2, 0.25) is 0 Å². The highest BCUT2D eigenvalue weighted by Gasteiger charge is 2.23. The van der Waals surface area contributed by atoms with Crippen molar-refractivity contribution in [1.29, 1.82) is 0 Å². The average molecular weight is 471 g/mol. The fraction of sp³-hybridized carbons (Fsp3) is 0.304. The largest absolute Gasteiger partial charge is 0.409 e. The molecule has 1 aliphatic heterocycles. The van der Waals surface area contributed by atoms with E-state index >= 15 is 0 Å². The summed E-state index contributed by atoms with van der Waals surface area (Å²) in [6.07, 6.45) is 0.805. The molecule has 34 heavy (non-hydrogen) atoms. The van der Waals surface area contributed by atoms with Crippen molar-refractivity contribution in [2.24, 2.45) is 0 Å². The number of allylic oxidation sites excluding steroid dienone is 1. The standard InChI is InChI=1S/C23H24F3N7O/c24-23(25,26)8-6-17-18(4-1-5-19(17)27)20-30-21(29-10-7-16-3-2-9-28-15-16)32-22(31-20)33-11-13-34-14-12-33/h1-6,8-9,15H,7,10-14,27H2,(H,29,30,31,32). The smallest absolute Gasteiger partial charge is 0.398 e. The minimum Gasteiger partial charge on any atom is -0.398 e. The summed E-state index contributed by atoms with van der Waals surface area (Å²) < 4.78 is 44.0. The number of hydrogen-bond donors (Lipinski definition) is 2. The zero-order valence-corrected chi connectivity index (χ0v) is 18.3. The number of nitrogen functional groups attached to an aromatic ring is 1. The number of ether oxygens (including phenoxy) is 1. The molecule has 0 aliphatic carbocycles. The molecule has 0 amide bonds. The first kappa shape index (κ1) is 23.4. The number of nitrogens with one attached hydrogen (secondary N) is 1. The number of aromatic nitrogens is 4. The van der Waals surface area contributed by atoms with Crippen LogP contribution < -0.4 is 16.0 Å². The second-order valence-corrected chi connectivity index (χ2v) is 7.60. The van der Waals surface area contributed by atoms with Crippen molar-refractivity contribution in [1.82, 2.24) is 19.9 Å². The van der Waals surface area contributed by atoms with Gasteiger partial charge in [-0.25, -0.2) is 0 Å². The van der Waals surface area contributed by atoms with Crippen LogP contribution >= 0.6 is 0 Å². The molecule has 0 saturated carbocycles. The number of nitrogens with zero attached hydrogens (tertiary/aromatic N) is 5. The van der Waals surface area contributed by atoms with Gasteiger partial charge in [0, 0.05) is 54.9 Å². The van der Waals surface area contributed by atoms with Crippen molar-refractivity contribution >= 4 is 23.7 Å². The van der Waals surface area contributed by atoms with E-state index in [0.717, 1.165) is 11.6 Å². The molecule has 0 unspecified atom stereocenters. The van der Waals surface area contributed by atoms with E-state index < -0.39 is 6.18 Å². The minimum absolute atomic E-state index is 0.152. The topological polar surface area (TPSA) is 102 Å². The predicted molar refractivity (Wildman–Crippen MR) is 124 cm³/mol. The molecule has 11 heteroatoms. The van der Waals surface area contributed by atoms with E-state index in [1.807, 2.05) is 17.0 Å². The third kappa shape index (κ3) is 6.19. The Morgan fingerprint density at radius 1 is 1.09 bits per heavy atom. The third-order valence-corrected chi connectivity index (χ3v) is 5.16. The van der Waals surface area contributed by atoms with Gasteiger partial charge < -0.3 is 20.7 Å². The fourth-order valence-electron chi connectivity index (χ4n) is 3.48. The molecule has 1 aliphatic rings. The maximum Gasteiger partial charge on any atom is 0.409 e. The molecule has 8 nitrogen and oxygen atoms in total. The number of alkyl halides is 3. The molecular formula is C23H24F3N7O. The van der Waals surface area contributed by atoms with Gasteiger partial charge in [-0.1, -0.05) is 18.2 Å². The first-order valence-electron chi connectivity index (χ1n) is 10.8. The molecule has 0 radical (unpaired) electrons.